The second-order valence-corrected chi connectivity index (χ2v) is 8.94. The molecule has 1 aromatic carbocycles. The molecule has 0 radical (unpaired) electrons. The summed E-state index contributed by atoms with van der Waals surface area (Å²) in [5, 5.41) is 12.9. The number of nitrogens with one attached hydrogen (secondary N) is 1. The zero-order valence-corrected chi connectivity index (χ0v) is 20.4. The molecule has 0 bridgehead atoms. The largest absolute Gasteiger partial charge is 0.489 e. The molecule has 186 valence electrons. The lowest BCUT2D eigenvalue weighted by Gasteiger charge is -2.31. The summed E-state index contributed by atoms with van der Waals surface area (Å²) < 4.78 is 16.9. The fourth-order valence-corrected chi connectivity index (χ4v) is 4.44. The Morgan fingerprint density at radius 3 is 2.61 bits per heavy atom. The lowest BCUT2D eigenvalue weighted by molar-refractivity contribution is 0.0191. The number of anilines is 2. The zero-order valence-electron chi connectivity index (χ0n) is 20.4. The fourth-order valence-electron chi connectivity index (χ4n) is 4.44. The summed E-state index contributed by atoms with van der Waals surface area (Å²) in [7, 11) is 0. The van der Waals surface area contributed by atoms with Crippen LogP contribution in [-0.4, -0.2) is 65.5 Å². The van der Waals surface area contributed by atoms with Crippen LogP contribution in [0.15, 0.2) is 48.8 Å². The molecule has 2 aliphatic rings. The molecule has 2 aliphatic heterocycles. The van der Waals surface area contributed by atoms with Gasteiger partial charge in [0.25, 0.3) is 0 Å². The van der Waals surface area contributed by atoms with Crippen LogP contribution in [0.5, 0.6) is 5.75 Å². The summed E-state index contributed by atoms with van der Waals surface area (Å²) in [6.45, 7) is 6.90. The van der Waals surface area contributed by atoms with Crippen LogP contribution in [0.25, 0.3) is 11.3 Å². The number of rotatable bonds is 7. The van der Waals surface area contributed by atoms with Gasteiger partial charge in [0.2, 0.25) is 5.95 Å². The van der Waals surface area contributed by atoms with Crippen LogP contribution in [0.3, 0.4) is 0 Å². The second-order valence-electron chi connectivity index (χ2n) is 8.94. The van der Waals surface area contributed by atoms with Gasteiger partial charge in [-0.15, -0.1) is 0 Å². The average Bonchev–Trinajstić information content (AvgIpc) is 2.94. The molecule has 9 heteroatoms. The zero-order chi connectivity index (χ0) is 24.7. The SMILES string of the molecule is CC(c1ccc(Nc2nccc(-c3ccc(OC4CCOCC4)c(C#N)c3)n2)cn1)N1CCOCC1. The van der Waals surface area contributed by atoms with E-state index in [0.29, 0.717) is 36.2 Å². The quantitative estimate of drug-likeness (QED) is 0.528. The molecule has 2 saturated heterocycles. The highest BCUT2D eigenvalue weighted by Crippen LogP contribution is 2.28. The van der Waals surface area contributed by atoms with E-state index in [4.69, 9.17) is 14.2 Å². The molecule has 0 amide bonds. The molecule has 0 saturated carbocycles. The Hall–Kier alpha value is -3.58. The van der Waals surface area contributed by atoms with Crippen LogP contribution in [0.1, 0.15) is 37.1 Å². The molecule has 0 spiro atoms. The predicted molar refractivity (Wildman–Crippen MR) is 135 cm³/mol. The summed E-state index contributed by atoms with van der Waals surface area (Å²) in [6, 6.07) is 13.9. The van der Waals surface area contributed by atoms with Gasteiger partial charge in [0.1, 0.15) is 17.9 Å². The first-order chi connectivity index (χ1) is 17.7. The van der Waals surface area contributed by atoms with Gasteiger partial charge in [-0.05, 0) is 43.3 Å². The first-order valence-electron chi connectivity index (χ1n) is 12.4. The third kappa shape index (κ3) is 5.79. The molecule has 1 atom stereocenters. The van der Waals surface area contributed by atoms with E-state index in [-0.39, 0.29) is 12.1 Å². The van der Waals surface area contributed by atoms with E-state index in [1.807, 2.05) is 36.4 Å². The third-order valence-electron chi connectivity index (χ3n) is 6.58. The number of aromatic nitrogens is 3. The summed E-state index contributed by atoms with van der Waals surface area (Å²) in [5.41, 5.74) is 3.85. The Bertz CT molecular complexity index is 1200. The fraction of sp³-hybridized carbons (Fsp3) is 0.407. The molecule has 4 heterocycles. The molecule has 9 nitrogen and oxygen atoms in total. The molecule has 2 fully saturated rings. The summed E-state index contributed by atoms with van der Waals surface area (Å²) >= 11 is 0. The van der Waals surface area contributed by atoms with E-state index < -0.39 is 0 Å². The van der Waals surface area contributed by atoms with Crippen LogP contribution in [0.2, 0.25) is 0 Å². The van der Waals surface area contributed by atoms with E-state index in [0.717, 1.165) is 56.1 Å². The van der Waals surface area contributed by atoms with Gasteiger partial charge in [0.15, 0.2) is 0 Å². The molecular weight excluding hydrogens is 456 g/mol. The van der Waals surface area contributed by atoms with Crippen molar-refractivity contribution < 1.29 is 14.2 Å². The predicted octanol–water partition coefficient (Wildman–Crippen LogP) is 4.10. The number of hydrogen-bond acceptors (Lipinski definition) is 9. The number of ether oxygens (including phenoxy) is 3. The van der Waals surface area contributed by atoms with Crippen molar-refractivity contribution in [3.8, 4) is 23.1 Å². The van der Waals surface area contributed by atoms with Gasteiger partial charge in [-0.25, -0.2) is 9.97 Å². The highest BCUT2D eigenvalue weighted by molar-refractivity contribution is 5.65. The number of nitriles is 1. The van der Waals surface area contributed by atoms with Crippen molar-refractivity contribution in [3.05, 3.63) is 60.0 Å². The van der Waals surface area contributed by atoms with Crippen molar-refractivity contribution in [1.82, 2.24) is 19.9 Å². The molecule has 36 heavy (non-hydrogen) atoms. The first kappa shape index (κ1) is 24.1. The summed E-state index contributed by atoms with van der Waals surface area (Å²) in [5.74, 6) is 1.06. The molecule has 2 aromatic heterocycles. The number of pyridine rings is 1. The van der Waals surface area contributed by atoms with Crippen molar-refractivity contribution in [3.63, 3.8) is 0 Å². The van der Waals surface area contributed by atoms with Crippen molar-refractivity contribution in [2.24, 2.45) is 0 Å². The molecule has 0 aliphatic carbocycles. The summed E-state index contributed by atoms with van der Waals surface area (Å²) in [6.07, 6.45) is 5.23. The lowest BCUT2D eigenvalue weighted by Crippen LogP contribution is -2.38. The minimum absolute atomic E-state index is 0.0726. The van der Waals surface area contributed by atoms with E-state index in [9.17, 15) is 5.26 Å². The van der Waals surface area contributed by atoms with Crippen molar-refractivity contribution in [1.29, 1.82) is 5.26 Å². The van der Waals surface area contributed by atoms with Gasteiger partial charge in [-0.3, -0.25) is 9.88 Å². The van der Waals surface area contributed by atoms with E-state index in [2.05, 4.69) is 38.2 Å². The van der Waals surface area contributed by atoms with Gasteiger partial charge in [0, 0.05) is 43.7 Å². The van der Waals surface area contributed by atoms with Crippen LogP contribution < -0.4 is 10.1 Å². The lowest BCUT2D eigenvalue weighted by atomic mass is 10.1. The Labute approximate surface area is 211 Å². The van der Waals surface area contributed by atoms with E-state index in [1.165, 1.54) is 0 Å². The molecule has 3 aromatic rings. The van der Waals surface area contributed by atoms with Gasteiger partial charge in [-0.2, -0.15) is 5.26 Å². The standard InChI is InChI=1S/C27H30N6O3/c1-19(33-10-14-35-15-11-33)24-4-3-22(18-30-24)31-27-29-9-6-25(32-27)20-2-5-26(21(16-20)17-28)36-23-7-12-34-13-8-23/h2-6,9,16,18-19,23H,7-8,10-15H2,1H3,(H,29,31,32). The Morgan fingerprint density at radius 1 is 1.06 bits per heavy atom. The second kappa shape index (κ2) is 11.4. The van der Waals surface area contributed by atoms with Gasteiger partial charge in [-0.1, -0.05) is 0 Å². The normalized spacial score (nSPS) is 17.8. The number of morpholine rings is 1. The number of nitrogens with zero attached hydrogens (tertiary/aromatic N) is 5. The molecular formula is C27H30N6O3. The van der Waals surface area contributed by atoms with Crippen LogP contribution in [0, 0.1) is 11.3 Å². The van der Waals surface area contributed by atoms with Crippen LogP contribution in [0.4, 0.5) is 11.6 Å². The topological polar surface area (TPSA) is 105 Å². The highest BCUT2D eigenvalue weighted by atomic mass is 16.5. The molecule has 1 N–H and O–H groups in total. The minimum Gasteiger partial charge on any atom is -0.489 e. The summed E-state index contributed by atoms with van der Waals surface area (Å²) in [4.78, 5) is 16.0. The van der Waals surface area contributed by atoms with Gasteiger partial charge >= 0.3 is 0 Å². The van der Waals surface area contributed by atoms with Crippen LogP contribution in [-0.2, 0) is 9.47 Å². The maximum atomic E-state index is 9.70. The number of hydrogen-bond donors (Lipinski definition) is 1. The Balaban J connectivity index is 1.27. The average molecular weight is 487 g/mol. The first-order valence-corrected chi connectivity index (χ1v) is 12.4. The maximum Gasteiger partial charge on any atom is 0.227 e. The van der Waals surface area contributed by atoms with Crippen LogP contribution >= 0.6 is 0 Å². The molecule has 5 rings (SSSR count). The van der Waals surface area contributed by atoms with Gasteiger partial charge in [0.05, 0.1) is 55.3 Å². The molecule has 1 unspecified atom stereocenters. The third-order valence-corrected chi connectivity index (χ3v) is 6.58. The van der Waals surface area contributed by atoms with Crippen molar-refractivity contribution in [2.45, 2.75) is 31.9 Å². The van der Waals surface area contributed by atoms with E-state index >= 15 is 0 Å². The monoisotopic (exact) mass is 486 g/mol. The minimum atomic E-state index is 0.0726. The van der Waals surface area contributed by atoms with E-state index in [1.54, 1.807) is 12.4 Å². The Morgan fingerprint density at radius 2 is 1.86 bits per heavy atom. The van der Waals surface area contributed by atoms with Crippen molar-refractivity contribution in [2.75, 3.05) is 44.8 Å². The number of benzene rings is 1. The Kier molecular flexibility index (Phi) is 7.67. The smallest absolute Gasteiger partial charge is 0.227 e. The highest BCUT2D eigenvalue weighted by Gasteiger charge is 2.20. The van der Waals surface area contributed by atoms with Crippen molar-refractivity contribution >= 4 is 11.6 Å². The van der Waals surface area contributed by atoms with Gasteiger partial charge < -0.3 is 19.5 Å². The maximum absolute atomic E-state index is 9.70.